The van der Waals surface area contributed by atoms with Crippen molar-refractivity contribution in [2.24, 2.45) is 0 Å². The summed E-state index contributed by atoms with van der Waals surface area (Å²) in [4.78, 5) is 15.6. The fourth-order valence-corrected chi connectivity index (χ4v) is 7.16. The van der Waals surface area contributed by atoms with Crippen LogP contribution in [-0.4, -0.2) is 68.0 Å². The van der Waals surface area contributed by atoms with E-state index >= 15 is 0 Å². The number of aryl methyl sites for hydroxylation is 1. The van der Waals surface area contributed by atoms with Crippen LogP contribution < -0.4 is 4.74 Å². The van der Waals surface area contributed by atoms with Crippen LogP contribution in [0.5, 0.6) is 5.75 Å². The van der Waals surface area contributed by atoms with E-state index in [2.05, 4.69) is 4.90 Å². The van der Waals surface area contributed by atoms with Crippen molar-refractivity contribution >= 4 is 28.2 Å². The Kier molecular flexibility index (Phi) is 10.7. The van der Waals surface area contributed by atoms with Gasteiger partial charge in [0.2, 0.25) is 10.0 Å². The number of benzene rings is 1. The Bertz CT molecular complexity index is 1000. The first kappa shape index (κ1) is 30.9. The Morgan fingerprint density at radius 1 is 1.08 bits per heavy atom. The van der Waals surface area contributed by atoms with Gasteiger partial charge in [-0.2, -0.15) is 17.5 Å². The number of hydrogen-bond donors (Lipinski definition) is 0. The lowest BCUT2D eigenvalue weighted by Crippen LogP contribution is -2.58. The van der Waals surface area contributed by atoms with Crippen molar-refractivity contribution in [3.8, 4) is 5.75 Å². The van der Waals surface area contributed by atoms with Gasteiger partial charge in [0, 0.05) is 38.1 Å². The molecule has 0 atom stereocenters. The van der Waals surface area contributed by atoms with E-state index in [1.807, 2.05) is 6.92 Å². The van der Waals surface area contributed by atoms with E-state index in [0.29, 0.717) is 39.0 Å². The number of rotatable bonds is 9. The third-order valence-corrected chi connectivity index (χ3v) is 9.57. The van der Waals surface area contributed by atoms with E-state index in [1.54, 1.807) is 4.31 Å². The van der Waals surface area contributed by atoms with Crippen LogP contribution in [0.4, 0.5) is 13.2 Å². The summed E-state index contributed by atoms with van der Waals surface area (Å²) < 4.78 is 71.4. The molecule has 2 aliphatic rings. The van der Waals surface area contributed by atoms with Crippen molar-refractivity contribution in [2.45, 2.75) is 76.9 Å². The second kappa shape index (κ2) is 12.5. The number of piperazine rings is 1. The van der Waals surface area contributed by atoms with Crippen LogP contribution in [0.2, 0.25) is 0 Å². The van der Waals surface area contributed by atoms with Crippen molar-refractivity contribution in [3.63, 3.8) is 0 Å². The van der Waals surface area contributed by atoms with Gasteiger partial charge in [0.15, 0.2) is 5.78 Å². The molecular weight excluding hydrogens is 517 g/mol. The lowest BCUT2D eigenvalue weighted by molar-refractivity contribution is -0.137. The minimum absolute atomic E-state index is 0. The minimum atomic E-state index is -4.52. The maximum atomic E-state index is 13.3. The zero-order valence-electron chi connectivity index (χ0n) is 21.3. The van der Waals surface area contributed by atoms with Crippen LogP contribution in [0.25, 0.3) is 0 Å². The molecule has 1 saturated carbocycles. The molecule has 1 heterocycles. The van der Waals surface area contributed by atoms with Crippen molar-refractivity contribution in [1.82, 2.24) is 9.21 Å². The minimum Gasteiger partial charge on any atom is -0.496 e. The highest BCUT2D eigenvalue weighted by atomic mass is 35.5. The molecule has 0 radical (unpaired) electrons. The molecule has 1 saturated heterocycles. The zero-order valence-corrected chi connectivity index (χ0v) is 23.0. The monoisotopic (exact) mass is 554 g/mol. The first-order valence-corrected chi connectivity index (χ1v) is 14.1. The number of alkyl halides is 3. The van der Waals surface area contributed by atoms with Crippen LogP contribution in [0.1, 0.15) is 79.8 Å². The number of Topliss-reactive ketones (excluding diaryl/α,β-unsaturated/α-hetero) is 1. The Hall–Kier alpha value is -1.36. The molecule has 2 fully saturated rings. The highest BCUT2D eigenvalue weighted by Gasteiger charge is 2.41. The van der Waals surface area contributed by atoms with Gasteiger partial charge < -0.3 is 4.74 Å². The number of ketones is 1. The number of carbonyl (C=O) groups is 1. The maximum absolute atomic E-state index is 13.3. The fourth-order valence-electron chi connectivity index (χ4n) is 5.67. The Morgan fingerprint density at radius 2 is 1.69 bits per heavy atom. The standard InChI is InChI=1S/C25H37F3N2O4S.ClH/c1-4-16-35(32,33)30-14-12-29(13-15-30)24(9-6-5-7-10-24)11-8-21(31)23-19(2)17-20(25(26,27)28)18-22(23)34-3;/h17-18H,4-16H2,1-3H3;1H. The second-order valence-corrected chi connectivity index (χ2v) is 11.9. The molecule has 1 aliphatic carbocycles. The van der Waals surface area contributed by atoms with Crippen LogP contribution in [0.3, 0.4) is 0 Å². The number of methoxy groups -OCH3 is 1. The molecule has 36 heavy (non-hydrogen) atoms. The van der Waals surface area contributed by atoms with Gasteiger partial charge in [-0.1, -0.05) is 26.2 Å². The quantitative estimate of drug-likeness (QED) is 0.379. The van der Waals surface area contributed by atoms with Crippen molar-refractivity contribution in [1.29, 1.82) is 0 Å². The van der Waals surface area contributed by atoms with Gasteiger partial charge in [-0.25, -0.2) is 8.42 Å². The SMILES string of the molecule is CCCS(=O)(=O)N1CCN(C2(CCC(=O)c3c(C)cc(C(F)(F)F)cc3OC)CCCCC2)CC1.Cl. The summed E-state index contributed by atoms with van der Waals surface area (Å²) in [6, 6.07) is 1.90. The molecule has 1 aromatic rings. The summed E-state index contributed by atoms with van der Waals surface area (Å²) in [5, 5.41) is 0. The van der Waals surface area contributed by atoms with Crippen molar-refractivity contribution < 1.29 is 31.1 Å². The molecule has 0 spiro atoms. The molecule has 6 nitrogen and oxygen atoms in total. The third kappa shape index (κ3) is 6.94. The number of hydrogen-bond acceptors (Lipinski definition) is 5. The molecule has 0 aromatic heterocycles. The molecular formula is C25H38ClF3N2O4S. The summed E-state index contributed by atoms with van der Waals surface area (Å²) in [5.41, 5.74) is -0.555. The lowest BCUT2D eigenvalue weighted by atomic mass is 9.76. The molecule has 0 amide bonds. The first-order valence-electron chi connectivity index (χ1n) is 12.5. The van der Waals surface area contributed by atoms with Gasteiger partial charge >= 0.3 is 6.18 Å². The van der Waals surface area contributed by atoms with Crippen LogP contribution in [0, 0.1) is 6.92 Å². The number of ether oxygens (including phenoxy) is 1. The summed E-state index contributed by atoms with van der Waals surface area (Å²) in [6.45, 7) is 5.51. The van der Waals surface area contributed by atoms with E-state index < -0.39 is 21.8 Å². The van der Waals surface area contributed by atoms with E-state index in [-0.39, 0.29) is 52.8 Å². The average Bonchev–Trinajstić information content (AvgIpc) is 2.82. The van der Waals surface area contributed by atoms with Crippen LogP contribution >= 0.6 is 12.4 Å². The highest BCUT2D eigenvalue weighted by Crippen LogP contribution is 2.40. The fraction of sp³-hybridized carbons (Fsp3) is 0.720. The molecule has 206 valence electrons. The average molecular weight is 555 g/mol. The molecule has 0 bridgehead atoms. The number of carbonyl (C=O) groups excluding carboxylic acids is 1. The molecule has 0 unspecified atom stereocenters. The molecule has 0 N–H and O–H groups in total. The predicted molar refractivity (Wildman–Crippen MR) is 137 cm³/mol. The molecule has 1 aliphatic heterocycles. The molecule has 11 heteroatoms. The number of nitrogens with zero attached hydrogens (tertiary/aromatic N) is 2. The maximum Gasteiger partial charge on any atom is 0.416 e. The van der Waals surface area contributed by atoms with Gasteiger partial charge in [0.25, 0.3) is 0 Å². The molecule has 1 aromatic carbocycles. The summed E-state index contributed by atoms with van der Waals surface area (Å²) in [7, 11) is -1.96. The zero-order chi connectivity index (χ0) is 25.9. The summed E-state index contributed by atoms with van der Waals surface area (Å²) >= 11 is 0. The second-order valence-electron chi connectivity index (χ2n) is 9.78. The smallest absolute Gasteiger partial charge is 0.416 e. The van der Waals surface area contributed by atoms with Crippen LogP contribution in [-0.2, 0) is 16.2 Å². The summed E-state index contributed by atoms with van der Waals surface area (Å²) in [6.07, 6.45) is 1.97. The topological polar surface area (TPSA) is 66.9 Å². The van der Waals surface area contributed by atoms with Crippen LogP contribution in [0.15, 0.2) is 12.1 Å². The van der Waals surface area contributed by atoms with E-state index in [9.17, 15) is 26.4 Å². The number of halogens is 4. The van der Waals surface area contributed by atoms with Gasteiger partial charge in [0.05, 0.1) is 24.0 Å². The Balaban J connectivity index is 0.00000456. The van der Waals surface area contributed by atoms with E-state index in [4.69, 9.17) is 4.74 Å². The largest absolute Gasteiger partial charge is 0.496 e. The third-order valence-electron chi connectivity index (χ3n) is 7.49. The molecule has 3 rings (SSSR count). The van der Waals surface area contributed by atoms with Gasteiger partial charge in [-0.15, -0.1) is 12.4 Å². The normalized spacial score (nSPS) is 19.5. The summed E-state index contributed by atoms with van der Waals surface area (Å²) in [5.74, 6) is -0.113. The van der Waals surface area contributed by atoms with Gasteiger partial charge in [-0.3, -0.25) is 9.69 Å². The predicted octanol–water partition coefficient (Wildman–Crippen LogP) is 5.47. The lowest BCUT2D eigenvalue weighted by Gasteiger charge is -2.50. The van der Waals surface area contributed by atoms with Gasteiger partial charge in [-0.05, 0) is 50.3 Å². The Labute approximate surface area is 219 Å². The first-order chi connectivity index (χ1) is 16.4. The van der Waals surface area contributed by atoms with E-state index in [1.165, 1.54) is 14.0 Å². The van der Waals surface area contributed by atoms with Gasteiger partial charge in [0.1, 0.15) is 5.75 Å². The number of sulfonamides is 1. The van der Waals surface area contributed by atoms with Crippen molar-refractivity contribution in [3.05, 3.63) is 28.8 Å². The Morgan fingerprint density at radius 3 is 2.22 bits per heavy atom. The van der Waals surface area contributed by atoms with E-state index in [0.717, 1.165) is 44.2 Å². The highest BCUT2D eigenvalue weighted by molar-refractivity contribution is 7.89. The van der Waals surface area contributed by atoms with Crippen molar-refractivity contribution in [2.75, 3.05) is 39.0 Å².